The lowest BCUT2D eigenvalue weighted by atomic mass is 10.0. The average Bonchev–Trinajstić information content (AvgIpc) is 2.41. The summed E-state index contributed by atoms with van der Waals surface area (Å²) in [5.74, 6) is -0.267. The number of hydrogen-bond donors (Lipinski definition) is 1. The minimum atomic E-state index is -0.267. The van der Waals surface area contributed by atoms with Crippen molar-refractivity contribution in [1.82, 2.24) is 9.80 Å². The Kier molecular flexibility index (Phi) is 5.25. The summed E-state index contributed by atoms with van der Waals surface area (Å²) in [4.78, 5) is 4.73. The Labute approximate surface area is 131 Å². The van der Waals surface area contributed by atoms with E-state index in [1.165, 1.54) is 6.07 Å². The van der Waals surface area contributed by atoms with Crippen molar-refractivity contribution in [1.29, 1.82) is 0 Å². The molecule has 0 aliphatic carbocycles. The molecule has 1 aliphatic rings. The molecular formula is C16H25ClFN3. The molecule has 21 heavy (non-hydrogen) atoms. The van der Waals surface area contributed by atoms with Gasteiger partial charge in [-0.15, -0.1) is 0 Å². The molecule has 118 valence electrons. The number of rotatable bonds is 3. The van der Waals surface area contributed by atoms with Gasteiger partial charge in [-0.1, -0.05) is 17.7 Å². The zero-order valence-corrected chi connectivity index (χ0v) is 13.8. The number of hydrogen-bond acceptors (Lipinski definition) is 3. The van der Waals surface area contributed by atoms with Crippen molar-refractivity contribution in [3.05, 3.63) is 34.6 Å². The maximum absolute atomic E-state index is 14.1. The lowest BCUT2D eigenvalue weighted by molar-refractivity contribution is 0.0426. The van der Waals surface area contributed by atoms with Gasteiger partial charge in [-0.2, -0.15) is 0 Å². The molecule has 0 bridgehead atoms. The van der Waals surface area contributed by atoms with Crippen molar-refractivity contribution < 1.29 is 4.39 Å². The van der Waals surface area contributed by atoms with Gasteiger partial charge in [0.15, 0.2) is 0 Å². The van der Waals surface area contributed by atoms with E-state index in [1.54, 1.807) is 12.1 Å². The van der Waals surface area contributed by atoms with E-state index in [1.807, 2.05) is 0 Å². The van der Waals surface area contributed by atoms with Crippen LogP contribution < -0.4 is 5.73 Å². The monoisotopic (exact) mass is 313 g/mol. The Morgan fingerprint density at radius 1 is 1.24 bits per heavy atom. The first-order valence-electron chi connectivity index (χ1n) is 7.47. The van der Waals surface area contributed by atoms with Crippen molar-refractivity contribution in [2.24, 2.45) is 5.73 Å². The maximum Gasteiger partial charge on any atom is 0.129 e. The van der Waals surface area contributed by atoms with Crippen molar-refractivity contribution >= 4 is 11.6 Å². The molecule has 1 fully saturated rings. The smallest absolute Gasteiger partial charge is 0.129 e. The summed E-state index contributed by atoms with van der Waals surface area (Å²) < 4.78 is 14.1. The van der Waals surface area contributed by atoms with E-state index in [2.05, 4.69) is 30.6 Å². The van der Waals surface area contributed by atoms with Gasteiger partial charge in [-0.3, -0.25) is 9.80 Å². The first kappa shape index (κ1) is 16.7. The first-order valence-corrected chi connectivity index (χ1v) is 7.85. The first-order chi connectivity index (χ1) is 9.82. The fourth-order valence-electron chi connectivity index (χ4n) is 2.95. The van der Waals surface area contributed by atoms with Gasteiger partial charge in [0.1, 0.15) is 5.82 Å². The van der Waals surface area contributed by atoms with Gasteiger partial charge >= 0.3 is 0 Å². The summed E-state index contributed by atoms with van der Waals surface area (Å²) in [6, 6.07) is 4.77. The van der Waals surface area contributed by atoms with E-state index in [-0.39, 0.29) is 17.4 Å². The number of piperazine rings is 1. The third-order valence-electron chi connectivity index (χ3n) is 4.25. The van der Waals surface area contributed by atoms with E-state index in [0.717, 1.165) is 26.2 Å². The van der Waals surface area contributed by atoms with E-state index in [9.17, 15) is 4.39 Å². The van der Waals surface area contributed by atoms with Crippen LogP contribution in [0, 0.1) is 5.82 Å². The lowest BCUT2D eigenvalue weighted by Crippen LogP contribution is -2.54. The molecule has 0 radical (unpaired) electrons. The molecule has 1 aliphatic heterocycles. The average molecular weight is 314 g/mol. The molecule has 0 aromatic heterocycles. The number of nitrogens with two attached hydrogens (primary N) is 1. The van der Waals surface area contributed by atoms with Crippen molar-refractivity contribution in [2.45, 2.75) is 32.4 Å². The Bertz CT molecular complexity index is 479. The molecule has 1 heterocycles. The Morgan fingerprint density at radius 2 is 1.86 bits per heavy atom. The SMILES string of the molecule is CC(C)(C)N1CCN(C(CN)c2ccc(Cl)cc2F)CC1. The predicted octanol–water partition coefficient (Wildman–Crippen LogP) is 2.90. The second-order valence-electron chi connectivity index (χ2n) is 6.61. The molecule has 3 nitrogen and oxygen atoms in total. The van der Waals surface area contributed by atoms with E-state index >= 15 is 0 Å². The molecule has 1 aromatic carbocycles. The number of nitrogens with zero attached hydrogens (tertiary/aromatic N) is 2. The molecule has 1 aromatic rings. The molecule has 1 atom stereocenters. The van der Waals surface area contributed by atoms with E-state index in [4.69, 9.17) is 17.3 Å². The fraction of sp³-hybridized carbons (Fsp3) is 0.625. The zero-order chi connectivity index (χ0) is 15.6. The zero-order valence-electron chi connectivity index (χ0n) is 13.1. The maximum atomic E-state index is 14.1. The van der Waals surface area contributed by atoms with E-state index in [0.29, 0.717) is 17.1 Å². The topological polar surface area (TPSA) is 32.5 Å². The summed E-state index contributed by atoms with van der Waals surface area (Å²) in [5.41, 5.74) is 6.73. The van der Waals surface area contributed by atoms with Gasteiger partial charge in [-0.05, 0) is 32.9 Å². The van der Waals surface area contributed by atoms with Gasteiger partial charge in [-0.25, -0.2) is 4.39 Å². The van der Waals surface area contributed by atoms with Crippen LogP contribution in [-0.4, -0.2) is 48.1 Å². The molecular weight excluding hydrogens is 289 g/mol. The second-order valence-corrected chi connectivity index (χ2v) is 7.05. The second kappa shape index (κ2) is 6.61. The van der Waals surface area contributed by atoms with Crippen LogP contribution in [0.5, 0.6) is 0 Å². The van der Waals surface area contributed by atoms with E-state index < -0.39 is 0 Å². The van der Waals surface area contributed by atoms with Gasteiger partial charge in [0.25, 0.3) is 0 Å². The van der Waals surface area contributed by atoms with Crippen LogP contribution in [0.3, 0.4) is 0 Å². The van der Waals surface area contributed by atoms with Crippen LogP contribution in [-0.2, 0) is 0 Å². The molecule has 2 rings (SSSR count). The van der Waals surface area contributed by atoms with Gasteiger partial charge in [0, 0.05) is 48.8 Å². The molecule has 0 amide bonds. The molecule has 5 heteroatoms. The quantitative estimate of drug-likeness (QED) is 0.931. The molecule has 0 spiro atoms. The summed E-state index contributed by atoms with van der Waals surface area (Å²) in [6.45, 7) is 10.9. The van der Waals surface area contributed by atoms with Crippen LogP contribution in [0.2, 0.25) is 5.02 Å². The molecule has 1 saturated heterocycles. The third kappa shape index (κ3) is 3.95. The molecule has 2 N–H and O–H groups in total. The number of benzene rings is 1. The highest BCUT2D eigenvalue weighted by molar-refractivity contribution is 6.30. The highest BCUT2D eigenvalue weighted by Crippen LogP contribution is 2.27. The van der Waals surface area contributed by atoms with Gasteiger partial charge < -0.3 is 5.73 Å². The van der Waals surface area contributed by atoms with Gasteiger partial charge in [0.2, 0.25) is 0 Å². The van der Waals surface area contributed by atoms with Crippen LogP contribution in [0.4, 0.5) is 4.39 Å². The van der Waals surface area contributed by atoms with Crippen LogP contribution in [0.25, 0.3) is 0 Å². The van der Waals surface area contributed by atoms with Crippen LogP contribution in [0.15, 0.2) is 18.2 Å². The van der Waals surface area contributed by atoms with Crippen molar-refractivity contribution in [3.63, 3.8) is 0 Å². The summed E-state index contributed by atoms with van der Waals surface area (Å²) in [5, 5.41) is 0.421. The Balaban J connectivity index is 2.09. The molecule has 0 saturated carbocycles. The Morgan fingerprint density at radius 3 is 2.33 bits per heavy atom. The van der Waals surface area contributed by atoms with Gasteiger partial charge in [0.05, 0.1) is 6.04 Å². The van der Waals surface area contributed by atoms with Crippen LogP contribution in [0.1, 0.15) is 32.4 Å². The summed E-state index contributed by atoms with van der Waals surface area (Å²) in [7, 11) is 0. The van der Waals surface area contributed by atoms with Crippen molar-refractivity contribution in [3.8, 4) is 0 Å². The highest BCUT2D eigenvalue weighted by atomic mass is 35.5. The predicted molar refractivity (Wildman–Crippen MR) is 86.1 cm³/mol. The fourth-order valence-corrected chi connectivity index (χ4v) is 3.11. The minimum absolute atomic E-state index is 0.0793. The normalized spacial score (nSPS) is 19.7. The van der Waals surface area contributed by atoms with Crippen LogP contribution >= 0.6 is 11.6 Å². The minimum Gasteiger partial charge on any atom is -0.329 e. The summed E-state index contributed by atoms with van der Waals surface area (Å²) >= 11 is 5.83. The number of halogens is 2. The third-order valence-corrected chi connectivity index (χ3v) is 4.48. The lowest BCUT2D eigenvalue weighted by Gasteiger charge is -2.44. The summed E-state index contributed by atoms with van der Waals surface area (Å²) in [6.07, 6.45) is 0. The Hall–Kier alpha value is -0.680. The molecule has 1 unspecified atom stereocenters. The van der Waals surface area contributed by atoms with Crippen molar-refractivity contribution in [2.75, 3.05) is 32.7 Å². The standard InChI is InChI=1S/C16H25ClFN3/c1-16(2,3)21-8-6-20(7-9-21)15(11-19)13-5-4-12(17)10-14(13)18/h4-5,10,15H,6-9,11,19H2,1-3H3. The largest absolute Gasteiger partial charge is 0.329 e. The highest BCUT2D eigenvalue weighted by Gasteiger charge is 2.30.